The first-order valence-corrected chi connectivity index (χ1v) is 9.77. The third-order valence-electron chi connectivity index (χ3n) is 4.44. The largest absolute Gasteiger partial charge is 0.484 e. The Morgan fingerprint density at radius 3 is 2.38 bits per heavy atom. The van der Waals surface area contributed by atoms with Gasteiger partial charge in [0.2, 0.25) is 5.91 Å². The van der Waals surface area contributed by atoms with Gasteiger partial charge in [-0.25, -0.2) is 8.78 Å². The minimum absolute atomic E-state index is 0.0741. The summed E-state index contributed by atoms with van der Waals surface area (Å²) < 4.78 is 37.7. The van der Waals surface area contributed by atoms with Gasteiger partial charge in [-0.1, -0.05) is 18.9 Å². The van der Waals surface area contributed by atoms with Crippen LogP contribution in [0.15, 0.2) is 34.7 Å². The van der Waals surface area contributed by atoms with E-state index in [4.69, 9.17) is 9.15 Å². The second kappa shape index (κ2) is 9.54. The fourth-order valence-corrected chi connectivity index (χ4v) is 2.99. The van der Waals surface area contributed by atoms with Crippen LogP contribution >= 0.6 is 0 Å². The Balaban J connectivity index is 1.69. The molecule has 168 valence electrons. The van der Waals surface area contributed by atoms with Crippen molar-refractivity contribution in [2.45, 2.75) is 40.2 Å². The zero-order valence-corrected chi connectivity index (χ0v) is 18.0. The number of amides is 2. The first kappa shape index (κ1) is 22.9. The number of benzene rings is 2. The number of hydrogen-bond acceptors (Lipinski definition) is 6. The standard InChI is InChI=1S/C22H22F2N4O4/c1-11(2)17-9-19(12(3)5-18(17)25-13(4)29)31-10-20-27-28-22(32-20)26-21(30)14-6-15(23)8-16(24)7-14/h5-9,11H,10H2,1-4H3,(H,25,29)(H,26,28,30). The molecule has 8 nitrogen and oxygen atoms in total. The predicted molar refractivity (Wildman–Crippen MR) is 113 cm³/mol. The third-order valence-corrected chi connectivity index (χ3v) is 4.44. The van der Waals surface area contributed by atoms with E-state index in [0.29, 0.717) is 17.5 Å². The van der Waals surface area contributed by atoms with E-state index in [1.54, 1.807) is 0 Å². The van der Waals surface area contributed by atoms with Crippen LogP contribution in [0, 0.1) is 18.6 Å². The molecular weight excluding hydrogens is 422 g/mol. The number of nitrogens with zero attached hydrogens (tertiary/aromatic N) is 2. The molecular formula is C22H22F2N4O4. The van der Waals surface area contributed by atoms with E-state index in [9.17, 15) is 18.4 Å². The molecule has 0 aliphatic carbocycles. The van der Waals surface area contributed by atoms with Gasteiger partial charge in [-0.2, -0.15) is 0 Å². The highest BCUT2D eigenvalue weighted by molar-refractivity contribution is 6.03. The molecule has 2 N–H and O–H groups in total. The van der Waals surface area contributed by atoms with Crippen LogP contribution in [0.1, 0.15) is 54.1 Å². The van der Waals surface area contributed by atoms with E-state index in [0.717, 1.165) is 23.3 Å². The van der Waals surface area contributed by atoms with Crippen LogP contribution in [-0.2, 0) is 11.4 Å². The van der Waals surface area contributed by atoms with Gasteiger partial charge >= 0.3 is 6.01 Å². The lowest BCUT2D eigenvalue weighted by molar-refractivity contribution is -0.114. The summed E-state index contributed by atoms with van der Waals surface area (Å²) >= 11 is 0. The summed E-state index contributed by atoms with van der Waals surface area (Å²) in [6.45, 7) is 7.20. The lowest BCUT2D eigenvalue weighted by atomic mass is 9.98. The number of anilines is 2. The van der Waals surface area contributed by atoms with Gasteiger partial charge in [-0.3, -0.25) is 14.9 Å². The molecule has 0 aliphatic heterocycles. The van der Waals surface area contributed by atoms with Crippen LogP contribution in [0.5, 0.6) is 5.75 Å². The number of hydrogen-bond donors (Lipinski definition) is 2. The predicted octanol–water partition coefficient (Wildman–Crippen LogP) is 4.57. The number of carbonyl (C=O) groups is 2. The number of rotatable bonds is 7. The fourth-order valence-electron chi connectivity index (χ4n) is 2.99. The van der Waals surface area contributed by atoms with Crippen LogP contribution < -0.4 is 15.4 Å². The summed E-state index contributed by atoms with van der Waals surface area (Å²) in [5.41, 5.74) is 2.18. The summed E-state index contributed by atoms with van der Waals surface area (Å²) in [6.07, 6.45) is 0. The number of aromatic nitrogens is 2. The summed E-state index contributed by atoms with van der Waals surface area (Å²) in [6, 6.07) is 5.86. The monoisotopic (exact) mass is 444 g/mol. The lowest BCUT2D eigenvalue weighted by Crippen LogP contribution is -2.12. The van der Waals surface area contributed by atoms with Gasteiger partial charge in [0, 0.05) is 24.2 Å². The van der Waals surface area contributed by atoms with E-state index in [-0.39, 0.29) is 35.9 Å². The molecule has 10 heteroatoms. The van der Waals surface area contributed by atoms with Crippen molar-refractivity contribution in [3.8, 4) is 5.75 Å². The Kier molecular flexibility index (Phi) is 6.82. The molecule has 0 spiro atoms. The molecule has 0 bridgehead atoms. The van der Waals surface area contributed by atoms with Gasteiger partial charge in [0.1, 0.15) is 17.4 Å². The molecule has 0 aliphatic rings. The van der Waals surface area contributed by atoms with Gasteiger partial charge in [0.25, 0.3) is 11.8 Å². The Hall–Kier alpha value is -3.82. The van der Waals surface area contributed by atoms with E-state index in [1.165, 1.54) is 6.92 Å². The van der Waals surface area contributed by atoms with Crippen molar-refractivity contribution < 1.29 is 27.5 Å². The van der Waals surface area contributed by atoms with Gasteiger partial charge < -0.3 is 14.5 Å². The highest BCUT2D eigenvalue weighted by atomic mass is 19.1. The van der Waals surface area contributed by atoms with E-state index in [2.05, 4.69) is 20.8 Å². The smallest absolute Gasteiger partial charge is 0.322 e. The number of aryl methyl sites for hydroxylation is 1. The van der Waals surface area contributed by atoms with Crippen LogP contribution in [0.2, 0.25) is 0 Å². The number of ether oxygens (including phenoxy) is 1. The van der Waals surface area contributed by atoms with Crippen molar-refractivity contribution in [1.29, 1.82) is 0 Å². The number of halogens is 2. The Labute approximate surface area is 183 Å². The Bertz CT molecular complexity index is 1140. The quantitative estimate of drug-likeness (QED) is 0.553. The van der Waals surface area contributed by atoms with Crippen molar-refractivity contribution in [3.05, 3.63) is 64.5 Å². The van der Waals surface area contributed by atoms with E-state index >= 15 is 0 Å². The second-order valence-corrected chi connectivity index (χ2v) is 7.44. The minimum Gasteiger partial charge on any atom is -0.484 e. The number of nitrogens with one attached hydrogen (secondary N) is 2. The average Bonchev–Trinajstić information content (AvgIpc) is 3.13. The molecule has 0 fully saturated rings. The second-order valence-electron chi connectivity index (χ2n) is 7.44. The Morgan fingerprint density at radius 2 is 1.75 bits per heavy atom. The Morgan fingerprint density at radius 1 is 1.06 bits per heavy atom. The first-order chi connectivity index (χ1) is 15.1. The highest BCUT2D eigenvalue weighted by Crippen LogP contribution is 2.32. The van der Waals surface area contributed by atoms with Crippen molar-refractivity contribution in [2.24, 2.45) is 0 Å². The maximum absolute atomic E-state index is 13.3. The summed E-state index contributed by atoms with van der Waals surface area (Å²) in [5.74, 6) is -1.93. The van der Waals surface area contributed by atoms with Crippen LogP contribution in [0.3, 0.4) is 0 Å². The zero-order chi connectivity index (χ0) is 23.4. The molecule has 2 amide bonds. The highest BCUT2D eigenvalue weighted by Gasteiger charge is 2.16. The summed E-state index contributed by atoms with van der Waals surface area (Å²) in [7, 11) is 0. The third kappa shape index (κ3) is 5.65. The van der Waals surface area contributed by atoms with Crippen molar-refractivity contribution in [2.75, 3.05) is 10.6 Å². The van der Waals surface area contributed by atoms with Gasteiger partial charge in [0.15, 0.2) is 6.61 Å². The maximum atomic E-state index is 13.3. The first-order valence-electron chi connectivity index (χ1n) is 9.77. The normalized spacial score (nSPS) is 10.8. The van der Waals surface area contributed by atoms with Crippen LogP contribution in [0.4, 0.5) is 20.5 Å². The van der Waals surface area contributed by atoms with Gasteiger partial charge in [-0.15, -0.1) is 5.10 Å². The van der Waals surface area contributed by atoms with Crippen molar-refractivity contribution in [1.82, 2.24) is 10.2 Å². The topological polar surface area (TPSA) is 106 Å². The van der Waals surface area contributed by atoms with E-state index in [1.807, 2.05) is 32.9 Å². The van der Waals surface area contributed by atoms with Gasteiger partial charge in [0.05, 0.1) is 0 Å². The fraction of sp³-hybridized carbons (Fsp3) is 0.273. The van der Waals surface area contributed by atoms with E-state index < -0.39 is 17.5 Å². The molecule has 2 aromatic carbocycles. The molecule has 32 heavy (non-hydrogen) atoms. The molecule has 3 rings (SSSR count). The molecule has 0 saturated heterocycles. The summed E-state index contributed by atoms with van der Waals surface area (Å²) in [4.78, 5) is 23.6. The molecule has 1 aromatic heterocycles. The molecule has 0 radical (unpaired) electrons. The lowest BCUT2D eigenvalue weighted by Gasteiger charge is -2.17. The molecule has 0 saturated carbocycles. The minimum atomic E-state index is -0.879. The molecule has 0 unspecified atom stereocenters. The zero-order valence-electron chi connectivity index (χ0n) is 18.0. The summed E-state index contributed by atoms with van der Waals surface area (Å²) in [5, 5.41) is 12.6. The molecule has 0 atom stereocenters. The van der Waals surface area contributed by atoms with Crippen molar-refractivity contribution in [3.63, 3.8) is 0 Å². The molecule has 3 aromatic rings. The average molecular weight is 444 g/mol. The van der Waals surface area contributed by atoms with Gasteiger partial charge in [-0.05, 0) is 48.2 Å². The maximum Gasteiger partial charge on any atom is 0.322 e. The van der Waals surface area contributed by atoms with Crippen LogP contribution in [0.25, 0.3) is 0 Å². The van der Waals surface area contributed by atoms with Crippen LogP contribution in [-0.4, -0.2) is 22.0 Å². The molecule has 1 heterocycles. The SMILES string of the molecule is CC(=O)Nc1cc(C)c(OCc2nnc(NC(=O)c3cc(F)cc(F)c3)o2)cc1C(C)C. The van der Waals surface area contributed by atoms with Crippen molar-refractivity contribution >= 4 is 23.5 Å². The number of carbonyl (C=O) groups excluding carboxylic acids is 2.